The van der Waals surface area contributed by atoms with Crippen LogP contribution >= 0.6 is 0 Å². The summed E-state index contributed by atoms with van der Waals surface area (Å²) in [5.41, 5.74) is 0.658. The Morgan fingerprint density at radius 1 is 1.47 bits per heavy atom. The minimum atomic E-state index is 0.0821. The highest BCUT2D eigenvalue weighted by Gasteiger charge is 2.26. The van der Waals surface area contributed by atoms with Crippen LogP contribution in [0, 0.1) is 5.92 Å². The minimum Gasteiger partial charge on any atom is -0.339 e. The van der Waals surface area contributed by atoms with E-state index in [1.807, 2.05) is 11.9 Å². The Labute approximate surface area is 102 Å². The monoisotopic (exact) mass is 235 g/mol. The molecule has 2 rings (SSSR count). The van der Waals surface area contributed by atoms with Crippen molar-refractivity contribution in [2.75, 3.05) is 7.05 Å². The Morgan fingerprint density at radius 3 is 2.71 bits per heavy atom. The molecular formula is C13H21N3O. The number of amides is 1. The summed E-state index contributed by atoms with van der Waals surface area (Å²) in [7, 11) is 1.91. The zero-order valence-corrected chi connectivity index (χ0v) is 10.6. The van der Waals surface area contributed by atoms with Crippen molar-refractivity contribution in [3.63, 3.8) is 0 Å². The van der Waals surface area contributed by atoms with Crippen LogP contribution in [-0.2, 0) is 0 Å². The number of H-pyrrole nitrogens is 1. The Balaban J connectivity index is 1.92. The summed E-state index contributed by atoms with van der Waals surface area (Å²) in [5.74, 6) is 0.947. The highest BCUT2D eigenvalue weighted by molar-refractivity contribution is 5.93. The van der Waals surface area contributed by atoms with Gasteiger partial charge in [0.05, 0.1) is 11.8 Å². The Kier molecular flexibility index (Phi) is 3.82. The maximum absolute atomic E-state index is 12.1. The molecule has 17 heavy (non-hydrogen) atoms. The van der Waals surface area contributed by atoms with Gasteiger partial charge in [-0.3, -0.25) is 9.89 Å². The number of rotatable bonds is 3. The number of hydrogen-bond donors (Lipinski definition) is 1. The largest absolute Gasteiger partial charge is 0.339 e. The summed E-state index contributed by atoms with van der Waals surface area (Å²) in [6, 6.07) is 0.403. The summed E-state index contributed by atoms with van der Waals surface area (Å²) >= 11 is 0. The zero-order chi connectivity index (χ0) is 12.3. The molecule has 0 aliphatic heterocycles. The van der Waals surface area contributed by atoms with Crippen LogP contribution in [-0.4, -0.2) is 34.1 Å². The number of nitrogens with zero attached hydrogens (tertiary/aromatic N) is 2. The van der Waals surface area contributed by atoms with Crippen molar-refractivity contribution in [3.8, 4) is 0 Å². The lowest BCUT2D eigenvalue weighted by Gasteiger charge is -2.34. The van der Waals surface area contributed by atoms with Crippen LogP contribution in [0.3, 0.4) is 0 Å². The smallest absolute Gasteiger partial charge is 0.257 e. The number of carbonyl (C=O) groups excluding carboxylic acids is 1. The molecule has 1 saturated carbocycles. The molecule has 1 aliphatic rings. The maximum Gasteiger partial charge on any atom is 0.257 e. The van der Waals surface area contributed by atoms with Gasteiger partial charge in [-0.25, -0.2) is 0 Å². The maximum atomic E-state index is 12.1. The third-order valence-corrected chi connectivity index (χ3v) is 4.01. The molecule has 94 valence electrons. The minimum absolute atomic E-state index is 0.0821. The lowest BCUT2D eigenvalue weighted by atomic mass is 9.84. The van der Waals surface area contributed by atoms with E-state index in [1.54, 1.807) is 12.4 Å². The lowest BCUT2D eigenvalue weighted by Crippen LogP contribution is -2.39. The third-order valence-electron chi connectivity index (χ3n) is 4.01. The van der Waals surface area contributed by atoms with Gasteiger partial charge in [-0.1, -0.05) is 13.3 Å². The van der Waals surface area contributed by atoms with Gasteiger partial charge in [0.2, 0.25) is 0 Å². The quantitative estimate of drug-likeness (QED) is 0.874. The van der Waals surface area contributed by atoms with E-state index in [0.717, 1.165) is 18.8 Å². The van der Waals surface area contributed by atoms with E-state index in [-0.39, 0.29) is 5.91 Å². The third kappa shape index (κ3) is 2.68. The molecule has 0 saturated heterocycles. The predicted molar refractivity (Wildman–Crippen MR) is 66.7 cm³/mol. The molecule has 1 heterocycles. The standard InChI is InChI=1S/C13H21N3O/c1-3-10-4-6-12(7-5-10)16(2)13(17)11-8-14-15-9-11/h8-10,12H,3-7H2,1-2H3,(H,14,15). The normalized spacial score (nSPS) is 24.6. The van der Waals surface area contributed by atoms with Crippen molar-refractivity contribution in [1.82, 2.24) is 15.1 Å². The fraction of sp³-hybridized carbons (Fsp3) is 0.692. The molecule has 0 bridgehead atoms. The van der Waals surface area contributed by atoms with Crippen LogP contribution in [0.1, 0.15) is 49.4 Å². The Morgan fingerprint density at radius 2 is 2.18 bits per heavy atom. The number of carbonyl (C=O) groups is 1. The first-order valence-electron chi connectivity index (χ1n) is 6.48. The first-order chi connectivity index (χ1) is 8.22. The molecule has 1 aromatic heterocycles. The van der Waals surface area contributed by atoms with Crippen LogP contribution < -0.4 is 0 Å². The van der Waals surface area contributed by atoms with Crippen molar-refractivity contribution >= 4 is 5.91 Å². The van der Waals surface area contributed by atoms with Crippen LogP contribution in [0.4, 0.5) is 0 Å². The molecule has 0 radical (unpaired) electrons. The van der Waals surface area contributed by atoms with Gasteiger partial charge in [-0.15, -0.1) is 0 Å². The predicted octanol–water partition coefficient (Wildman–Crippen LogP) is 2.45. The van der Waals surface area contributed by atoms with Gasteiger partial charge in [0.15, 0.2) is 0 Å². The van der Waals surface area contributed by atoms with Gasteiger partial charge < -0.3 is 4.90 Å². The number of nitrogens with one attached hydrogen (secondary N) is 1. The summed E-state index contributed by atoms with van der Waals surface area (Å²) in [4.78, 5) is 14.0. The van der Waals surface area contributed by atoms with E-state index in [9.17, 15) is 4.79 Å². The van der Waals surface area contributed by atoms with E-state index in [1.165, 1.54) is 19.3 Å². The molecule has 4 nitrogen and oxygen atoms in total. The van der Waals surface area contributed by atoms with Crippen molar-refractivity contribution in [1.29, 1.82) is 0 Å². The first kappa shape index (κ1) is 12.1. The van der Waals surface area contributed by atoms with Crippen molar-refractivity contribution in [2.45, 2.75) is 45.1 Å². The second kappa shape index (κ2) is 5.34. The fourth-order valence-electron chi connectivity index (χ4n) is 2.68. The van der Waals surface area contributed by atoms with Crippen molar-refractivity contribution < 1.29 is 4.79 Å². The van der Waals surface area contributed by atoms with Crippen molar-refractivity contribution in [3.05, 3.63) is 18.0 Å². The van der Waals surface area contributed by atoms with E-state index in [2.05, 4.69) is 17.1 Å². The average Bonchev–Trinajstić information content (AvgIpc) is 2.91. The molecule has 0 unspecified atom stereocenters. The summed E-state index contributed by atoms with van der Waals surface area (Å²) in [6.45, 7) is 2.26. The van der Waals surface area contributed by atoms with Gasteiger partial charge in [0.25, 0.3) is 5.91 Å². The van der Waals surface area contributed by atoms with E-state index < -0.39 is 0 Å². The topological polar surface area (TPSA) is 49.0 Å². The van der Waals surface area contributed by atoms with Gasteiger partial charge in [-0.05, 0) is 31.6 Å². The zero-order valence-electron chi connectivity index (χ0n) is 10.6. The Bertz CT molecular complexity index is 353. The van der Waals surface area contributed by atoms with Crippen LogP contribution in [0.25, 0.3) is 0 Å². The molecule has 0 aromatic carbocycles. The van der Waals surface area contributed by atoms with Crippen molar-refractivity contribution in [2.24, 2.45) is 5.92 Å². The molecule has 1 fully saturated rings. The molecule has 4 heteroatoms. The van der Waals surface area contributed by atoms with Gasteiger partial charge >= 0.3 is 0 Å². The number of aromatic nitrogens is 2. The second-order valence-corrected chi connectivity index (χ2v) is 4.99. The SMILES string of the molecule is CCC1CCC(N(C)C(=O)c2cn[nH]c2)CC1. The molecule has 1 amide bonds. The number of aromatic amines is 1. The lowest BCUT2D eigenvalue weighted by molar-refractivity contribution is 0.0675. The van der Waals surface area contributed by atoms with Crippen LogP contribution in [0.5, 0.6) is 0 Å². The molecule has 0 spiro atoms. The molecule has 1 aromatic rings. The fourth-order valence-corrected chi connectivity index (χ4v) is 2.68. The van der Waals surface area contributed by atoms with E-state index >= 15 is 0 Å². The van der Waals surface area contributed by atoms with E-state index in [0.29, 0.717) is 11.6 Å². The Hall–Kier alpha value is -1.32. The molecule has 1 aliphatic carbocycles. The average molecular weight is 235 g/mol. The highest BCUT2D eigenvalue weighted by atomic mass is 16.2. The van der Waals surface area contributed by atoms with Crippen LogP contribution in [0.2, 0.25) is 0 Å². The highest BCUT2D eigenvalue weighted by Crippen LogP contribution is 2.29. The molecular weight excluding hydrogens is 214 g/mol. The van der Waals surface area contributed by atoms with E-state index in [4.69, 9.17) is 0 Å². The van der Waals surface area contributed by atoms with Gasteiger partial charge in [0.1, 0.15) is 0 Å². The molecule has 0 atom stereocenters. The summed E-state index contributed by atoms with van der Waals surface area (Å²) in [5, 5.41) is 6.51. The molecule has 1 N–H and O–H groups in total. The summed E-state index contributed by atoms with van der Waals surface area (Å²) < 4.78 is 0. The second-order valence-electron chi connectivity index (χ2n) is 4.99. The summed E-state index contributed by atoms with van der Waals surface area (Å²) in [6.07, 6.45) is 9.31. The van der Waals surface area contributed by atoms with Crippen LogP contribution in [0.15, 0.2) is 12.4 Å². The first-order valence-corrected chi connectivity index (χ1v) is 6.48. The van der Waals surface area contributed by atoms with Gasteiger partial charge in [-0.2, -0.15) is 5.10 Å². The number of hydrogen-bond acceptors (Lipinski definition) is 2. The van der Waals surface area contributed by atoms with Gasteiger partial charge in [0, 0.05) is 19.3 Å².